The Hall–Kier alpha value is -0.0400. The zero-order valence-electron chi connectivity index (χ0n) is 23.7. The first kappa shape index (κ1) is 23.4. The van der Waals surface area contributed by atoms with Crippen LogP contribution < -0.4 is 0 Å². The number of hydrogen-bond acceptors (Lipinski definition) is 1. The maximum Gasteiger partial charge on any atom is 0.101 e. The van der Waals surface area contributed by atoms with Gasteiger partial charge in [0.05, 0.1) is 6.10 Å². The van der Waals surface area contributed by atoms with Crippen molar-refractivity contribution in [1.82, 2.24) is 0 Å². The van der Waals surface area contributed by atoms with Gasteiger partial charge in [-0.15, -0.1) is 0 Å². The molecule has 33 heavy (non-hydrogen) atoms. The van der Waals surface area contributed by atoms with E-state index in [1.54, 1.807) is 0 Å². The van der Waals surface area contributed by atoms with E-state index in [1.807, 2.05) is 0 Å². The van der Waals surface area contributed by atoms with Crippen LogP contribution in [0.3, 0.4) is 0 Å². The topological polar surface area (TPSA) is 12.5 Å². The van der Waals surface area contributed by atoms with Crippen LogP contribution in [0.2, 0.25) is 0 Å². The molecule has 1 heterocycles. The molecule has 0 amide bonds. The lowest BCUT2D eigenvalue weighted by atomic mass is 9.33. The molecule has 5 saturated carbocycles. The molecule has 0 radical (unpaired) electrons. The van der Waals surface area contributed by atoms with Crippen molar-refractivity contribution in [3.63, 3.8) is 0 Å². The molecule has 5 aliphatic carbocycles. The summed E-state index contributed by atoms with van der Waals surface area (Å²) in [6.07, 6.45) is 13.3. The molecule has 1 nitrogen and oxygen atoms in total. The molecule has 6 rings (SSSR count). The molecule has 1 spiro atoms. The van der Waals surface area contributed by atoms with Crippen molar-refractivity contribution < 1.29 is 4.74 Å². The molecule has 0 aromatic rings. The van der Waals surface area contributed by atoms with Crippen molar-refractivity contribution in [2.45, 2.75) is 139 Å². The summed E-state index contributed by atoms with van der Waals surface area (Å²) in [6, 6.07) is 0. The highest BCUT2D eigenvalue weighted by Gasteiger charge is 2.80. The average molecular weight is 455 g/mol. The quantitative estimate of drug-likeness (QED) is 0.333. The van der Waals surface area contributed by atoms with Gasteiger partial charge in [-0.2, -0.15) is 0 Å². The smallest absolute Gasteiger partial charge is 0.101 e. The van der Waals surface area contributed by atoms with Gasteiger partial charge in [-0.05, 0) is 120 Å². The van der Waals surface area contributed by atoms with Gasteiger partial charge in [0.25, 0.3) is 0 Å². The fraction of sp³-hybridized carbons (Fsp3) is 1.00. The Morgan fingerprint density at radius 1 is 0.667 bits per heavy atom. The molecule has 1 saturated heterocycles. The van der Waals surface area contributed by atoms with Crippen molar-refractivity contribution >= 4 is 0 Å². The molecule has 0 aromatic heterocycles. The average Bonchev–Trinajstić information content (AvgIpc) is 3.39. The van der Waals surface area contributed by atoms with Crippen LogP contribution in [-0.2, 0) is 4.74 Å². The molecule has 0 bridgehead atoms. The Morgan fingerprint density at radius 2 is 1.27 bits per heavy atom. The largest absolute Gasteiger partial charge is 0.365 e. The number of epoxide rings is 1. The zero-order chi connectivity index (χ0) is 24.0. The van der Waals surface area contributed by atoms with Gasteiger partial charge in [0, 0.05) is 0 Å². The minimum atomic E-state index is 0.202. The van der Waals surface area contributed by atoms with E-state index in [0.717, 1.165) is 29.6 Å². The maximum atomic E-state index is 7.15. The first-order valence-electron chi connectivity index (χ1n) is 14.7. The van der Waals surface area contributed by atoms with Gasteiger partial charge in [-0.25, -0.2) is 0 Å². The number of hydrogen-bond donors (Lipinski definition) is 0. The van der Waals surface area contributed by atoms with E-state index >= 15 is 0 Å². The molecule has 10 unspecified atom stereocenters. The standard InChI is InChI=1S/C32H54O/c1-20-11-14-29(8)21(28(20,6)7)12-15-30(9)22-13-16-31(10)24(18-26(2,3)19-27(31,4)5)32(22)25(33-32)17-23(29)30/h20-25H,11-19H2,1-10H3. The van der Waals surface area contributed by atoms with Gasteiger partial charge in [0.15, 0.2) is 0 Å². The molecule has 6 aliphatic rings. The van der Waals surface area contributed by atoms with Gasteiger partial charge in [-0.1, -0.05) is 69.2 Å². The van der Waals surface area contributed by atoms with E-state index in [0.29, 0.717) is 38.6 Å². The molecule has 0 aromatic carbocycles. The van der Waals surface area contributed by atoms with Gasteiger partial charge >= 0.3 is 0 Å². The number of ether oxygens (including phenoxy) is 1. The van der Waals surface area contributed by atoms with Gasteiger partial charge in [0.1, 0.15) is 5.60 Å². The second kappa shape index (κ2) is 6.26. The molecule has 6 fully saturated rings. The fourth-order valence-corrected chi connectivity index (χ4v) is 12.6. The van der Waals surface area contributed by atoms with Gasteiger partial charge < -0.3 is 4.74 Å². The summed E-state index contributed by atoms with van der Waals surface area (Å²) in [5.74, 6) is 4.15. The van der Waals surface area contributed by atoms with Crippen LogP contribution in [0.1, 0.15) is 127 Å². The van der Waals surface area contributed by atoms with Crippen molar-refractivity contribution in [3.05, 3.63) is 0 Å². The monoisotopic (exact) mass is 454 g/mol. The first-order valence-corrected chi connectivity index (χ1v) is 14.7. The second-order valence-electron chi connectivity index (χ2n) is 17.1. The Bertz CT molecular complexity index is 853. The number of rotatable bonds is 0. The summed E-state index contributed by atoms with van der Waals surface area (Å²) >= 11 is 0. The van der Waals surface area contributed by atoms with Crippen LogP contribution >= 0.6 is 0 Å². The Labute approximate surface area is 205 Å². The van der Waals surface area contributed by atoms with Crippen molar-refractivity contribution in [2.75, 3.05) is 0 Å². The molecule has 1 aliphatic heterocycles. The van der Waals surface area contributed by atoms with E-state index < -0.39 is 0 Å². The third-order valence-electron chi connectivity index (χ3n) is 14.7. The molecular weight excluding hydrogens is 400 g/mol. The van der Waals surface area contributed by atoms with E-state index in [2.05, 4.69) is 69.2 Å². The summed E-state index contributed by atoms with van der Waals surface area (Å²) in [5, 5.41) is 0. The molecule has 188 valence electrons. The van der Waals surface area contributed by atoms with Crippen molar-refractivity contribution in [3.8, 4) is 0 Å². The lowest BCUT2D eigenvalue weighted by molar-refractivity contribution is -0.216. The third-order valence-corrected chi connectivity index (χ3v) is 14.7. The Balaban J connectivity index is 1.40. The summed E-state index contributed by atoms with van der Waals surface area (Å²) < 4.78 is 7.15. The molecular formula is C32H54O. The summed E-state index contributed by atoms with van der Waals surface area (Å²) in [7, 11) is 0. The first-order chi connectivity index (χ1) is 15.0. The SMILES string of the molecule is CC1CCC2(C)C(CCC3(C)C2CC2OC24C3CCC2(C)C4CC(C)(C)CC2(C)C)C1(C)C. The van der Waals surface area contributed by atoms with Crippen LogP contribution in [0, 0.1) is 62.1 Å². The minimum absolute atomic E-state index is 0.202. The minimum Gasteiger partial charge on any atom is -0.365 e. The van der Waals surface area contributed by atoms with Crippen LogP contribution in [0.4, 0.5) is 0 Å². The van der Waals surface area contributed by atoms with Crippen LogP contribution in [0.5, 0.6) is 0 Å². The molecule has 10 atom stereocenters. The normalized spacial score (nSPS) is 59.8. The summed E-state index contributed by atoms with van der Waals surface area (Å²) in [6.45, 7) is 26.2. The highest BCUT2D eigenvalue weighted by atomic mass is 16.6. The lowest BCUT2D eigenvalue weighted by Gasteiger charge is -2.70. The van der Waals surface area contributed by atoms with Gasteiger partial charge in [-0.3, -0.25) is 0 Å². The van der Waals surface area contributed by atoms with Crippen molar-refractivity contribution in [1.29, 1.82) is 0 Å². The Kier molecular flexibility index (Phi) is 4.43. The maximum absolute atomic E-state index is 7.15. The number of fused-ring (bicyclic) bond motifs is 5. The van der Waals surface area contributed by atoms with Crippen LogP contribution in [0.15, 0.2) is 0 Å². The van der Waals surface area contributed by atoms with E-state index in [-0.39, 0.29) is 5.60 Å². The lowest BCUT2D eigenvalue weighted by Crippen LogP contribution is -2.67. The van der Waals surface area contributed by atoms with Crippen molar-refractivity contribution in [2.24, 2.45) is 62.1 Å². The summed E-state index contributed by atoms with van der Waals surface area (Å²) in [5.41, 5.74) is 2.94. The highest BCUT2D eigenvalue weighted by Crippen LogP contribution is 2.80. The zero-order valence-corrected chi connectivity index (χ0v) is 23.7. The van der Waals surface area contributed by atoms with E-state index in [9.17, 15) is 0 Å². The third kappa shape index (κ3) is 2.60. The highest BCUT2D eigenvalue weighted by molar-refractivity contribution is 5.28. The predicted octanol–water partition coefficient (Wildman–Crippen LogP) is 8.90. The Morgan fingerprint density at radius 3 is 1.97 bits per heavy atom. The van der Waals surface area contributed by atoms with Crippen LogP contribution in [-0.4, -0.2) is 11.7 Å². The van der Waals surface area contributed by atoms with E-state index in [1.165, 1.54) is 57.8 Å². The fourth-order valence-electron chi connectivity index (χ4n) is 12.6. The van der Waals surface area contributed by atoms with E-state index in [4.69, 9.17) is 4.74 Å². The molecule has 0 N–H and O–H groups in total. The molecule has 1 heteroatoms. The summed E-state index contributed by atoms with van der Waals surface area (Å²) in [4.78, 5) is 0. The predicted molar refractivity (Wildman–Crippen MR) is 138 cm³/mol. The second-order valence-corrected chi connectivity index (χ2v) is 17.1. The van der Waals surface area contributed by atoms with Crippen LogP contribution in [0.25, 0.3) is 0 Å². The van der Waals surface area contributed by atoms with Gasteiger partial charge in [0.2, 0.25) is 0 Å².